The van der Waals surface area contributed by atoms with E-state index in [9.17, 15) is 9.59 Å². The Bertz CT molecular complexity index is 493. The van der Waals surface area contributed by atoms with E-state index < -0.39 is 0 Å². The van der Waals surface area contributed by atoms with Gasteiger partial charge in [0.2, 0.25) is 11.8 Å². The number of hydrogen-bond donors (Lipinski definition) is 0. The van der Waals surface area contributed by atoms with Gasteiger partial charge in [0, 0.05) is 43.9 Å². The Hall–Kier alpha value is -1.32. The molecule has 2 amide bonds. The summed E-state index contributed by atoms with van der Waals surface area (Å²) in [6, 6.07) is 0. The Morgan fingerprint density at radius 1 is 1.22 bits per heavy atom. The van der Waals surface area contributed by atoms with Crippen LogP contribution in [0.4, 0.5) is 0 Å². The van der Waals surface area contributed by atoms with Gasteiger partial charge >= 0.3 is 0 Å². The minimum atomic E-state index is 0.124. The second-order valence-corrected chi connectivity index (χ2v) is 8.04. The van der Waals surface area contributed by atoms with Gasteiger partial charge in [0.15, 0.2) is 0 Å². The van der Waals surface area contributed by atoms with Gasteiger partial charge in [0.1, 0.15) is 0 Å². The summed E-state index contributed by atoms with van der Waals surface area (Å²) in [5, 5.41) is 0. The van der Waals surface area contributed by atoms with E-state index in [1.807, 2.05) is 4.90 Å². The van der Waals surface area contributed by atoms with Gasteiger partial charge in [-0.2, -0.15) is 0 Å². The zero-order chi connectivity index (χ0) is 16.4. The van der Waals surface area contributed by atoms with Gasteiger partial charge < -0.3 is 9.80 Å². The molecule has 0 aromatic carbocycles. The molecule has 23 heavy (non-hydrogen) atoms. The van der Waals surface area contributed by atoms with Crippen molar-refractivity contribution in [3.05, 3.63) is 11.6 Å². The van der Waals surface area contributed by atoms with Crippen molar-refractivity contribution >= 4 is 11.8 Å². The number of rotatable bonds is 3. The van der Waals surface area contributed by atoms with Gasteiger partial charge in [-0.1, -0.05) is 24.5 Å². The first kappa shape index (κ1) is 16.5. The maximum absolute atomic E-state index is 12.6. The number of likely N-dealkylation sites (tertiary alicyclic amines) is 2. The second kappa shape index (κ2) is 6.66. The lowest BCUT2D eigenvalue weighted by atomic mass is 9.77. The first-order chi connectivity index (χ1) is 11.0. The first-order valence-electron chi connectivity index (χ1n) is 9.19. The summed E-state index contributed by atoms with van der Waals surface area (Å²) in [4.78, 5) is 28.9. The van der Waals surface area contributed by atoms with Crippen LogP contribution in [0.3, 0.4) is 0 Å². The largest absolute Gasteiger partial charge is 0.342 e. The number of carbonyl (C=O) groups excluding carboxylic acids is 2. The summed E-state index contributed by atoms with van der Waals surface area (Å²) in [6.45, 7) is 7.46. The molecule has 0 unspecified atom stereocenters. The van der Waals surface area contributed by atoms with Crippen molar-refractivity contribution in [2.24, 2.45) is 11.3 Å². The zero-order valence-corrected chi connectivity index (χ0v) is 14.6. The highest BCUT2D eigenvalue weighted by molar-refractivity contribution is 5.81. The van der Waals surface area contributed by atoms with Gasteiger partial charge in [-0.05, 0) is 39.5 Å². The average Bonchev–Trinajstić information content (AvgIpc) is 3.14. The summed E-state index contributed by atoms with van der Waals surface area (Å²) in [5.41, 5.74) is 1.38. The molecule has 1 spiro atoms. The summed E-state index contributed by atoms with van der Waals surface area (Å²) in [6.07, 6.45) is 9.37. The Labute approximate surface area is 139 Å². The van der Waals surface area contributed by atoms with E-state index in [1.54, 1.807) is 0 Å². The smallest absolute Gasteiger partial charge is 0.225 e. The van der Waals surface area contributed by atoms with Crippen LogP contribution in [-0.2, 0) is 9.59 Å². The van der Waals surface area contributed by atoms with E-state index in [-0.39, 0.29) is 17.2 Å². The molecular formula is C19H30N2O2. The Balaban J connectivity index is 1.55. The lowest BCUT2D eigenvalue weighted by molar-refractivity contribution is -0.137. The zero-order valence-electron chi connectivity index (χ0n) is 14.6. The van der Waals surface area contributed by atoms with E-state index >= 15 is 0 Å². The molecule has 128 valence electrons. The minimum absolute atomic E-state index is 0.124. The van der Waals surface area contributed by atoms with Crippen molar-refractivity contribution < 1.29 is 9.59 Å². The predicted octanol–water partition coefficient (Wildman–Crippen LogP) is 2.98. The molecule has 0 N–H and O–H groups in total. The Morgan fingerprint density at radius 2 is 1.87 bits per heavy atom. The molecule has 1 aliphatic carbocycles. The average molecular weight is 318 g/mol. The van der Waals surface area contributed by atoms with E-state index in [0.717, 1.165) is 51.9 Å². The SMILES string of the molecule is CC(C)=CCN1CC2(CCN(C(=O)C3CCCC3)CC2)CC1=O. The van der Waals surface area contributed by atoms with Crippen LogP contribution < -0.4 is 0 Å². The third kappa shape index (κ3) is 3.61. The lowest BCUT2D eigenvalue weighted by Gasteiger charge is -2.39. The number of nitrogens with zero attached hydrogens (tertiary/aromatic N) is 2. The number of amides is 2. The molecule has 1 saturated carbocycles. The van der Waals surface area contributed by atoms with Gasteiger partial charge in [-0.15, -0.1) is 0 Å². The molecule has 0 aromatic rings. The number of hydrogen-bond acceptors (Lipinski definition) is 2. The molecule has 3 aliphatic rings. The summed E-state index contributed by atoms with van der Waals surface area (Å²) >= 11 is 0. The van der Waals surface area contributed by atoms with Crippen molar-refractivity contribution in [2.75, 3.05) is 26.2 Å². The van der Waals surface area contributed by atoms with Gasteiger partial charge in [0.25, 0.3) is 0 Å². The highest BCUT2D eigenvalue weighted by Crippen LogP contribution is 2.41. The van der Waals surface area contributed by atoms with Crippen LogP contribution in [-0.4, -0.2) is 47.8 Å². The normalized spacial score (nSPS) is 24.5. The maximum atomic E-state index is 12.6. The van der Waals surface area contributed by atoms with Crippen molar-refractivity contribution in [3.8, 4) is 0 Å². The maximum Gasteiger partial charge on any atom is 0.225 e. The molecule has 0 aromatic heterocycles. The molecule has 0 bridgehead atoms. The summed E-state index contributed by atoms with van der Waals surface area (Å²) < 4.78 is 0. The van der Waals surface area contributed by atoms with Crippen LogP contribution in [0.2, 0.25) is 0 Å². The standard InChI is InChI=1S/C19H30N2O2/c1-15(2)7-10-21-14-19(13-17(21)22)8-11-20(12-9-19)18(23)16-5-3-4-6-16/h7,16H,3-6,8-14H2,1-2H3. The summed E-state index contributed by atoms with van der Waals surface area (Å²) in [7, 11) is 0. The second-order valence-electron chi connectivity index (χ2n) is 8.04. The van der Waals surface area contributed by atoms with E-state index in [0.29, 0.717) is 12.3 Å². The van der Waals surface area contributed by atoms with Crippen LogP contribution in [0.5, 0.6) is 0 Å². The molecule has 2 heterocycles. The molecule has 0 atom stereocenters. The van der Waals surface area contributed by atoms with Crippen LogP contribution in [0.1, 0.15) is 58.8 Å². The molecule has 4 nitrogen and oxygen atoms in total. The number of allylic oxidation sites excluding steroid dienone is 1. The fourth-order valence-corrected chi connectivity index (χ4v) is 4.41. The fourth-order valence-electron chi connectivity index (χ4n) is 4.41. The fraction of sp³-hybridized carbons (Fsp3) is 0.789. The topological polar surface area (TPSA) is 40.6 Å². The molecule has 2 aliphatic heterocycles. The quantitative estimate of drug-likeness (QED) is 0.751. The molecule has 3 fully saturated rings. The van der Waals surface area contributed by atoms with Gasteiger partial charge in [-0.25, -0.2) is 0 Å². The van der Waals surface area contributed by atoms with Crippen LogP contribution >= 0.6 is 0 Å². The number of piperidine rings is 1. The number of carbonyl (C=O) groups is 2. The third-order valence-electron chi connectivity index (χ3n) is 5.97. The molecule has 4 heteroatoms. The lowest BCUT2D eigenvalue weighted by Crippen LogP contribution is -2.46. The van der Waals surface area contributed by atoms with E-state index in [2.05, 4.69) is 24.8 Å². The summed E-state index contributed by atoms with van der Waals surface area (Å²) in [5.74, 6) is 0.949. The molecule has 3 rings (SSSR count). The molecular weight excluding hydrogens is 288 g/mol. The Kier molecular flexibility index (Phi) is 4.79. The van der Waals surface area contributed by atoms with Crippen molar-refractivity contribution in [3.63, 3.8) is 0 Å². The van der Waals surface area contributed by atoms with Crippen LogP contribution in [0, 0.1) is 11.3 Å². The Morgan fingerprint density at radius 3 is 2.48 bits per heavy atom. The van der Waals surface area contributed by atoms with Crippen molar-refractivity contribution in [1.29, 1.82) is 0 Å². The van der Waals surface area contributed by atoms with Gasteiger partial charge in [-0.3, -0.25) is 9.59 Å². The van der Waals surface area contributed by atoms with E-state index in [1.165, 1.54) is 18.4 Å². The van der Waals surface area contributed by atoms with E-state index in [4.69, 9.17) is 0 Å². The monoisotopic (exact) mass is 318 g/mol. The van der Waals surface area contributed by atoms with Crippen LogP contribution in [0.15, 0.2) is 11.6 Å². The highest BCUT2D eigenvalue weighted by atomic mass is 16.2. The highest BCUT2D eigenvalue weighted by Gasteiger charge is 2.45. The third-order valence-corrected chi connectivity index (χ3v) is 5.97. The van der Waals surface area contributed by atoms with Crippen molar-refractivity contribution in [2.45, 2.75) is 58.8 Å². The van der Waals surface area contributed by atoms with Gasteiger partial charge in [0.05, 0.1) is 0 Å². The van der Waals surface area contributed by atoms with Crippen LogP contribution in [0.25, 0.3) is 0 Å². The minimum Gasteiger partial charge on any atom is -0.342 e. The molecule has 0 radical (unpaired) electrons. The van der Waals surface area contributed by atoms with Crippen molar-refractivity contribution in [1.82, 2.24) is 9.80 Å². The first-order valence-corrected chi connectivity index (χ1v) is 9.19. The molecule has 2 saturated heterocycles. The predicted molar refractivity (Wildman–Crippen MR) is 90.8 cm³/mol.